The third-order valence-corrected chi connectivity index (χ3v) is 5.80. The van der Waals surface area contributed by atoms with Crippen molar-refractivity contribution in [3.05, 3.63) is 58.0 Å². The molecule has 0 spiro atoms. The quantitative estimate of drug-likeness (QED) is 0.600. The number of esters is 1. The van der Waals surface area contributed by atoms with E-state index in [1.165, 1.54) is 31.2 Å². The van der Waals surface area contributed by atoms with Gasteiger partial charge in [0.25, 0.3) is 5.91 Å². The van der Waals surface area contributed by atoms with Crippen LogP contribution >= 0.6 is 27.5 Å². The highest BCUT2D eigenvalue weighted by Crippen LogP contribution is 2.21. The van der Waals surface area contributed by atoms with Gasteiger partial charge in [-0.1, -0.05) is 23.7 Å². The van der Waals surface area contributed by atoms with E-state index < -0.39 is 34.5 Å². The second kappa shape index (κ2) is 9.32. The molecule has 1 amide bonds. The zero-order valence-electron chi connectivity index (χ0n) is 14.1. The summed E-state index contributed by atoms with van der Waals surface area (Å²) in [6.07, 6.45) is 0. The third kappa shape index (κ3) is 6.31. The van der Waals surface area contributed by atoms with Gasteiger partial charge in [0, 0.05) is 9.50 Å². The maximum Gasteiger partial charge on any atom is 0.324 e. The van der Waals surface area contributed by atoms with E-state index in [0.717, 1.165) is 0 Å². The molecular weight excluding hydrogens is 460 g/mol. The van der Waals surface area contributed by atoms with E-state index in [-0.39, 0.29) is 4.90 Å². The van der Waals surface area contributed by atoms with Crippen LogP contribution in [-0.2, 0) is 24.3 Å². The Morgan fingerprint density at radius 1 is 1.15 bits per heavy atom. The van der Waals surface area contributed by atoms with Gasteiger partial charge in [0.05, 0.1) is 10.6 Å². The Balaban J connectivity index is 1.89. The minimum absolute atomic E-state index is 0.0433. The summed E-state index contributed by atoms with van der Waals surface area (Å²) in [5, 5.41) is 2.96. The zero-order chi connectivity index (χ0) is 20.0. The Kier molecular flexibility index (Phi) is 7.37. The number of anilines is 1. The minimum atomic E-state index is -3.93. The van der Waals surface area contributed by atoms with Crippen molar-refractivity contribution in [3.63, 3.8) is 0 Å². The summed E-state index contributed by atoms with van der Waals surface area (Å²) >= 11 is 9.01. The fourth-order valence-corrected chi connectivity index (χ4v) is 3.68. The molecule has 0 bridgehead atoms. The first kappa shape index (κ1) is 21.4. The molecule has 1 unspecified atom stereocenters. The number of carbonyl (C=O) groups is 2. The van der Waals surface area contributed by atoms with E-state index in [0.29, 0.717) is 15.2 Å². The van der Waals surface area contributed by atoms with E-state index in [4.69, 9.17) is 16.3 Å². The van der Waals surface area contributed by atoms with E-state index in [1.807, 2.05) is 0 Å². The van der Waals surface area contributed by atoms with Gasteiger partial charge in [0.2, 0.25) is 10.0 Å². The number of nitrogens with one attached hydrogen (secondary N) is 2. The average Bonchev–Trinajstić information content (AvgIpc) is 2.61. The predicted octanol–water partition coefficient (Wildman–Crippen LogP) is 2.95. The standard InChI is InChI=1S/C17H16BrClN2O5S/c1-11(21-27(24,25)13-8-6-12(19)7-9-13)17(23)26-10-16(22)20-15-5-3-2-4-14(15)18/h2-9,11,21H,10H2,1H3,(H,20,22). The summed E-state index contributed by atoms with van der Waals surface area (Å²) in [5.41, 5.74) is 0.523. The van der Waals surface area contributed by atoms with Gasteiger partial charge >= 0.3 is 5.97 Å². The number of benzene rings is 2. The molecule has 0 radical (unpaired) electrons. The molecule has 7 nitrogen and oxygen atoms in total. The second-order valence-electron chi connectivity index (χ2n) is 5.43. The number of amides is 1. The first-order chi connectivity index (χ1) is 12.7. The van der Waals surface area contributed by atoms with Crippen LogP contribution in [0.3, 0.4) is 0 Å². The van der Waals surface area contributed by atoms with Gasteiger partial charge in [-0.2, -0.15) is 4.72 Å². The second-order valence-corrected chi connectivity index (χ2v) is 8.44. The molecule has 0 aliphatic carbocycles. The third-order valence-electron chi connectivity index (χ3n) is 3.30. The van der Waals surface area contributed by atoms with Gasteiger partial charge in [-0.15, -0.1) is 0 Å². The SMILES string of the molecule is CC(NS(=O)(=O)c1ccc(Cl)cc1)C(=O)OCC(=O)Nc1ccccc1Br. The number of halogens is 2. The van der Waals surface area contributed by atoms with Crippen molar-refractivity contribution in [1.82, 2.24) is 4.72 Å². The molecule has 0 aliphatic heterocycles. The number of para-hydroxylation sites is 1. The molecule has 1 atom stereocenters. The first-order valence-electron chi connectivity index (χ1n) is 7.68. The molecule has 10 heteroatoms. The topological polar surface area (TPSA) is 102 Å². The Hall–Kier alpha value is -1.94. The fraction of sp³-hybridized carbons (Fsp3) is 0.176. The lowest BCUT2D eigenvalue weighted by atomic mass is 10.3. The van der Waals surface area contributed by atoms with Gasteiger partial charge in [0.15, 0.2) is 6.61 Å². The Morgan fingerprint density at radius 3 is 2.41 bits per heavy atom. The van der Waals surface area contributed by atoms with E-state index in [1.54, 1.807) is 24.3 Å². The Bertz CT molecular complexity index is 935. The number of ether oxygens (including phenoxy) is 1. The van der Waals surface area contributed by atoms with Gasteiger partial charge in [-0.05, 0) is 59.3 Å². The molecule has 0 saturated heterocycles. The lowest BCUT2D eigenvalue weighted by Gasteiger charge is -2.14. The largest absolute Gasteiger partial charge is 0.454 e. The van der Waals surface area contributed by atoms with Crippen LogP contribution in [0.15, 0.2) is 57.9 Å². The molecular formula is C17H16BrClN2O5S. The molecule has 2 N–H and O–H groups in total. The van der Waals surface area contributed by atoms with Gasteiger partial charge in [0.1, 0.15) is 6.04 Å². The van der Waals surface area contributed by atoms with Crippen LogP contribution in [0, 0.1) is 0 Å². The number of carbonyl (C=O) groups excluding carboxylic acids is 2. The number of hydrogen-bond acceptors (Lipinski definition) is 5. The Labute approximate surface area is 170 Å². The van der Waals surface area contributed by atoms with Crippen molar-refractivity contribution in [2.24, 2.45) is 0 Å². The number of rotatable bonds is 7. The highest BCUT2D eigenvalue weighted by Gasteiger charge is 2.23. The van der Waals surface area contributed by atoms with Crippen LogP contribution < -0.4 is 10.0 Å². The van der Waals surface area contributed by atoms with E-state index in [9.17, 15) is 18.0 Å². The van der Waals surface area contributed by atoms with Crippen molar-refractivity contribution in [2.75, 3.05) is 11.9 Å². The molecule has 144 valence electrons. The molecule has 2 rings (SSSR count). The molecule has 0 aliphatic rings. The maximum atomic E-state index is 12.2. The molecule has 0 saturated carbocycles. The maximum absolute atomic E-state index is 12.2. The van der Waals surface area contributed by atoms with Gasteiger partial charge in [-0.25, -0.2) is 8.42 Å². The highest BCUT2D eigenvalue weighted by atomic mass is 79.9. The summed E-state index contributed by atoms with van der Waals surface area (Å²) in [5.74, 6) is -1.43. The van der Waals surface area contributed by atoms with Crippen molar-refractivity contribution >= 4 is 55.1 Å². The predicted molar refractivity (Wildman–Crippen MR) is 105 cm³/mol. The molecule has 27 heavy (non-hydrogen) atoms. The van der Waals surface area contributed by atoms with Crippen LogP contribution in [0.25, 0.3) is 0 Å². The highest BCUT2D eigenvalue weighted by molar-refractivity contribution is 9.10. The van der Waals surface area contributed by atoms with Crippen LogP contribution in [0.2, 0.25) is 5.02 Å². The van der Waals surface area contributed by atoms with Crippen LogP contribution in [0.1, 0.15) is 6.92 Å². The van der Waals surface area contributed by atoms with Crippen molar-refractivity contribution in [3.8, 4) is 0 Å². The monoisotopic (exact) mass is 474 g/mol. The van der Waals surface area contributed by atoms with Crippen molar-refractivity contribution in [2.45, 2.75) is 17.9 Å². The summed E-state index contributed by atoms with van der Waals surface area (Å²) in [7, 11) is -3.93. The van der Waals surface area contributed by atoms with E-state index in [2.05, 4.69) is 26.0 Å². The molecule has 0 fully saturated rings. The average molecular weight is 476 g/mol. The number of sulfonamides is 1. The van der Waals surface area contributed by atoms with Crippen molar-refractivity contribution < 1.29 is 22.7 Å². The minimum Gasteiger partial charge on any atom is -0.454 e. The molecule has 0 heterocycles. The van der Waals surface area contributed by atoms with Crippen molar-refractivity contribution in [1.29, 1.82) is 0 Å². The number of hydrogen-bond donors (Lipinski definition) is 2. The molecule has 2 aromatic rings. The lowest BCUT2D eigenvalue weighted by Crippen LogP contribution is -2.40. The van der Waals surface area contributed by atoms with E-state index >= 15 is 0 Å². The molecule has 0 aromatic heterocycles. The zero-order valence-corrected chi connectivity index (χ0v) is 17.3. The fourth-order valence-electron chi connectivity index (χ4n) is 1.97. The summed E-state index contributed by atoms with van der Waals surface area (Å²) in [6, 6.07) is 11.2. The van der Waals surface area contributed by atoms with Gasteiger partial charge in [-0.3, -0.25) is 9.59 Å². The summed E-state index contributed by atoms with van der Waals surface area (Å²) < 4.78 is 32.2. The van der Waals surface area contributed by atoms with Crippen LogP contribution in [0.4, 0.5) is 5.69 Å². The lowest BCUT2D eigenvalue weighted by molar-refractivity contribution is -0.148. The summed E-state index contributed by atoms with van der Waals surface area (Å²) in [4.78, 5) is 23.8. The van der Waals surface area contributed by atoms with Gasteiger partial charge < -0.3 is 10.1 Å². The normalized spacial score (nSPS) is 12.3. The Morgan fingerprint density at radius 2 is 1.78 bits per heavy atom. The molecule has 2 aromatic carbocycles. The van der Waals surface area contributed by atoms with Crippen LogP contribution in [0.5, 0.6) is 0 Å². The summed E-state index contributed by atoms with van der Waals surface area (Å²) in [6.45, 7) is 0.772. The smallest absolute Gasteiger partial charge is 0.324 e. The first-order valence-corrected chi connectivity index (χ1v) is 10.3. The van der Waals surface area contributed by atoms with Crippen LogP contribution in [-0.4, -0.2) is 32.9 Å².